The predicted molar refractivity (Wildman–Crippen MR) is 103 cm³/mol. The highest BCUT2D eigenvalue weighted by molar-refractivity contribution is 14.1. The summed E-state index contributed by atoms with van der Waals surface area (Å²) in [5, 5.41) is -0.186. The van der Waals surface area contributed by atoms with E-state index < -0.39 is 0 Å². The molecule has 1 heterocycles. The van der Waals surface area contributed by atoms with Crippen LogP contribution >= 0.6 is 66.1 Å². The number of hydrogen-bond acceptors (Lipinski definition) is 1. The van der Waals surface area contributed by atoms with Crippen molar-refractivity contribution in [2.75, 3.05) is 0 Å². The number of benzene rings is 2. The van der Waals surface area contributed by atoms with Crippen LogP contribution in [0.3, 0.4) is 0 Å². The van der Waals surface area contributed by atoms with Gasteiger partial charge in [-0.25, -0.2) is 4.98 Å². The summed E-state index contributed by atoms with van der Waals surface area (Å²) in [6.45, 7) is 1.94. The summed E-state index contributed by atoms with van der Waals surface area (Å²) >= 11 is 15.9. The molecule has 0 fully saturated rings. The van der Waals surface area contributed by atoms with Crippen LogP contribution in [0.25, 0.3) is 16.7 Å². The average molecular weight is 540 g/mol. The summed E-state index contributed by atoms with van der Waals surface area (Å²) < 4.78 is 5.25. The third-order valence-electron chi connectivity index (χ3n) is 3.16. The van der Waals surface area contributed by atoms with Crippen LogP contribution in [0.5, 0.6) is 0 Å². The number of para-hydroxylation sites is 1. The Hall–Kier alpha value is -0.110. The molecule has 0 radical (unpaired) electrons. The van der Waals surface area contributed by atoms with E-state index >= 15 is 0 Å². The molecular formula is C15H10Br2ClIN2. The average Bonchev–Trinajstić information content (AvgIpc) is 2.77. The summed E-state index contributed by atoms with van der Waals surface area (Å²) in [6, 6.07) is 12.2. The predicted octanol–water partition coefficient (Wildman–Crippen LogP) is 6.45. The molecule has 0 aliphatic rings. The summed E-state index contributed by atoms with van der Waals surface area (Å²) in [7, 11) is 0. The van der Waals surface area contributed by atoms with Crippen molar-refractivity contribution in [1.82, 2.24) is 9.55 Å². The van der Waals surface area contributed by atoms with E-state index in [1.165, 1.54) is 0 Å². The Bertz CT molecular complexity index is 810. The molecule has 0 saturated carbocycles. The normalized spacial score (nSPS) is 12.8. The maximum Gasteiger partial charge on any atom is 0.132 e. The Labute approximate surface area is 158 Å². The molecule has 3 aromatic rings. The van der Waals surface area contributed by atoms with Gasteiger partial charge < -0.3 is 0 Å². The molecule has 0 bridgehead atoms. The van der Waals surface area contributed by atoms with Crippen LogP contribution in [0.1, 0.15) is 18.1 Å². The van der Waals surface area contributed by atoms with Crippen LogP contribution in [0.15, 0.2) is 45.3 Å². The zero-order valence-electron chi connectivity index (χ0n) is 10.9. The fraction of sp³-hybridized carbons (Fsp3) is 0.133. The van der Waals surface area contributed by atoms with Crippen LogP contribution in [0, 0.1) is 3.57 Å². The SMILES string of the molecule is CC(Cl)c1nc2cc(I)ccc2n1-c1c(Br)cccc1Br. The number of nitrogens with zero attached hydrogens (tertiary/aromatic N) is 2. The second kappa shape index (κ2) is 6.18. The molecule has 0 aliphatic heterocycles. The Balaban J connectivity index is 2.42. The van der Waals surface area contributed by atoms with Crippen molar-refractivity contribution < 1.29 is 0 Å². The van der Waals surface area contributed by atoms with Gasteiger partial charge >= 0.3 is 0 Å². The Kier molecular flexibility index (Phi) is 4.64. The molecule has 0 spiro atoms. The van der Waals surface area contributed by atoms with E-state index in [1.54, 1.807) is 0 Å². The highest BCUT2D eigenvalue weighted by atomic mass is 127. The molecule has 2 aromatic carbocycles. The lowest BCUT2D eigenvalue weighted by Crippen LogP contribution is -2.03. The van der Waals surface area contributed by atoms with Gasteiger partial charge in [0.15, 0.2) is 0 Å². The number of rotatable bonds is 2. The van der Waals surface area contributed by atoms with E-state index in [0.717, 1.165) is 35.1 Å². The maximum atomic E-state index is 6.36. The molecule has 1 atom stereocenters. The largest absolute Gasteiger partial charge is 0.293 e. The first kappa shape index (κ1) is 15.8. The van der Waals surface area contributed by atoms with Crippen molar-refractivity contribution in [3.05, 3.63) is 54.7 Å². The Morgan fingerprint density at radius 2 is 1.86 bits per heavy atom. The highest BCUT2D eigenvalue weighted by Crippen LogP contribution is 2.36. The van der Waals surface area contributed by atoms with Crippen molar-refractivity contribution in [3.8, 4) is 5.69 Å². The Morgan fingerprint density at radius 1 is 1.19 bits per heavy atom. The number of imidazole rings is 1. The van der Waals surface area contributed by atoms with E-state index in [-0.39, 0.29) is 5.38 Å². The first-order valence-electron chi connectivity index (χ1n) is 6.25. The van der Waals surface area contributed by atoms with Crippen LogP contribution in [0.4, 0.5) is 0 Å². The van der Waals surface area contributed by atoms with E-state index in [4.69, 9.17) is 16.6 Å². The molecule has 1 unspecified atom stereocenters. The molecule has 108 valence electrons. The minimum Gasteiger partial charge on any atom is -0.293 e. The van der Waals surface area contributed by atoms with Gasteiger partial charge in [-0.05, 0) is 91.7 Å². The smallest absolute Gasteiger partial charge is 0.132 e. The van der Waals surface area contributed by atoms with Crippen molar-refractivity contribution >= 4 is 77.1 Å². The van der Waals surface area contributed by atoms with Gasteiger partial charge in [-0.15, -0.1) is 11.6 Å². The maximum absolute atomic E-state index is 6.36. The highest BCUT2D eigenvalue weighted by Gasteiger charge is 2.19. The number of alkyl halides is 1. The summed E-state index contributed by atoms with van der Waals surface area (Å²) in [5.41, 5.74) is 3.02. The van der Waals surface area contributed by atoms with Crippen LogP contribution in [-0.2, 0) is 0 Å². The molecule has 0 amide bonds. The second-order valence-electron chi connectivity index (χ2n) is 4.62. The zero-order valence-corrected chi connectivity index (χ0v) is 17.0. The van der Waals surface area contributed by atoms with Crippen LogP contribution < -0.4 is 0 Å². The third kappa shape index (κ3) is 2.90. The van der Waals surface area contributed by atoms with Gasteiger partial charge in [0.1, 0.15) is 5.82 Å². The Morgan fingerprint density at radius 3 is 2.48 bits per heavy atom. The summed E-state index contributed by atoms with van der Waals surface area (Å²) in [5.74, 6) is 0.835. The number of fused-ring (bicyclic) bond motifs is 1. The molecule has 3 rings (SSSR count). The molecule has 0 saturated heterocycles. The van der Waals surface area contributed by atoms with Crippen LogP contribution in [-0.4, -0.2) is 9.55 Å². The number of halogens is 4. The monoisotopic (exact) mass is 538 g/mol. The van der Waals surface area contributed by atoms with Gasteiger partial charge in [0, 0.05) is 12.5 Å². The minimum absolute atomic E-state index is 0.186. The van der Waals surface area contributed by atoms with E-state index in [0.29, 0.717) is 0 Å². The van der Waals surface area contributed by atoms with Gasteiger partial charge in [0.05, 0.1) is 22.1 Å². The van der Waals surface area contributed by atoms with E-state index in [1.807, 2.05) is 25.1 Å². The summed E-state index contributed by atoms with van der Waals surface area (Å²) in [4.78, 5) is 4.72. The lowest BCUT2D eigenvalue weighted by Gasteiger charge is -2.14. The minimum atomic E-state index is -0.186. The molecular weight excluding hydrogens is 530 g/mol. The molecule has 0 N–H and O–H groups in total. The van der Waals surface area contributed by atoms with E-state index in [2.05, 4.69) is 77.2 Å². The molecule has 6 heteroatoms. The zero-order chi connectivity index (χ0) is 15.1. The van der Waals surface area contributed by atoms with Gasteiger partial charge in [-0.2, -0.15) is 0 Å². The standard InChI is InChI=1S/C15H10Br2ClIN2/c1-8(18)15-20-12-7-9(19)5-6-13(12)21(15)14-10(16)3-2-4-11(14)17/h2-8H,1H3. The fourth-order valence-corrected chi connectivity index (χ4v) is 4.25. The molecule has 1 aromatic heterocycles. The van der Waals surface area contributed by atoms with Gasteiger partial charge in [-0.3, -0.25) is 4.57 Å². The van der Waals surface area contributed by atoms with E-state index in [9.17, 15) is 0 Å². The summed E-state index contributed by atoms with van der Waals surface area (Å²) in [6.07, 6.45) is 0. The lowest BCUT2D eigenvalue weighted by atomic mass is 10.2. The quantitative estimate of drug-likeness (QED) is 0.270. The van der Waals surface area contributed by atoms with Crippen molar-refractivity contribution in [2.45, 2.75) is 12.3 Å². The first-order chi connectivity index (χ1) is 9.99. The van der Waals surface area contributed by atoms with Gasteiger partial charge in [0.2, 0.25) is 0 Å². The van der Waals surface area contributed by atoms with Crippen LogP contribution in [0.2, 0.25) is 0 Å². The number of hydrogen-bond donors (Lipinski definition) is 0. The van der Waals surface area contributed by atoms with Gasteiger partial charge in [-0.1, -0.05) is 6.07 Å². The van der Waals surface area contributed by atoms with Crippen molar-refractivity contribution in [2.24, 2.45) is 0 Å². The molecule has 2 nitrogen and oxygen atoms in total. The molecule has 21 heavy (non-hydrogen) atoms. The first-order valence-corrected chi connectivity index (χ1v) is 9.35. The lowest BCUT2D eigenvalue weighted by molar-refractivity contribution is 0.878. The third-order valence-corrected chi connectivity index (χ3v) is 5.31. The number of aromatic nitrogens is 2. The molecule has 0 aliphatic carbocycles. The van der Waals surface area contributed by atoms with Crippen molar-refractivity contribution in [3.63, 3.8) is 0 Å². The van der Waals surface area contributed by atoms with Crippen molar-refractivity contribution in [1.29, 1.82) is 0 Å². The second-order valence-corrected chi connectivity index (χ2v) is 8.23. The topological polar surface area (TPSA) is 17.8 Å². The van der Waals surface area contributed by atoms with Gasteiger partial charge in [0.25, 0.3) is 0 Å². The fourth-order valence-electron chi connectivity index (χ4n) is 2.28.